The maximum Gasteiger partial charge on any atom is 0.317 e. The molecule has 2 amide bonds. The molecule has 0 aromatic carbocycles. The lowest BCUT2D eigenvalue weighted by atomic mass is 10.1. The fourth-order valence-electron chi connectivity index (χ4n) is 3.25. The molecule has 29 heavy (non-hydrogen) atoms. The molecule has 2 aliphatic rings. The SMILES string of the molecule is O=C(NCCS(=O)(=O)N1CCOCC1)N1CCC(NS(=O)(=O)c2cccs2)CC1. The second-order valence-corrected chi connectivity index (χ2v) is 11.9. The highest BCUT2D eigenvalue weighted by atomic mass is 32.2. The van der Waals surface area contributed by atoms with Crippen molar-refractivity contribution in [3.05, 3.63) is 17.5 Å². The number of hydrogen-bond donors (Lipinski definition) is 2. The van der Waals surface area contributed by atoms with Crippen molar-refractivity contribution in [1.29, 1.82) is 0 Å². The highest BCUT2D eigenvalue weighted by Gasteiger charge is 2.28. The Kier molecular flexibility index (Phi) is 7.51. The third-order valence-electron chi connectivity index (χ3n) is 4.86. The van der Waals surface area contributed by atoms with Crippen molar-refractivity contribution in [2.24, 2.45) is 0 Å². The third-order valence-corrected chi connectivity index (χ3v) is 9.65. The average Bonchev–Trinajstić information content (AvgIpc) is 3.25. The summed E-state index contributed by atoms with van der Waals surface area (Å²) in [6, 6.07) is 2.68. The summed E-state index contributed by atoms with van der Waals surface area (Å²) in [6.45, 7) is 2.28. The Morgan fingerprint density at radius 3 is 2.45 bits per heavy atom. The molecule has 0 bridgehead atoms. The molecule has 13 heteroatoms. The minimum absolute atomic E-state index is 0.0312. The first-order valence-electron chi connectivity index (χ1n) is 9.42. The topological polar surface area (TPSA) is 125 Å². The number of ether oxygens (including phenoxy) is 1. The van der Waals surface area contributed by atoms with Crippen LogP contribution in [0.2, 0.25) is 0 Å². The number of nitrogens with one attached hydrogen (secondary N) is 2. The van der Waals surface area contributed by atoms with Crippen molar-refractivity contribution in [2.45, 2.75) is 23.1 Å². The summed E-state index contributed by atoms with van der Waals surface area (Å²) in [5.41, 5.74) is 0. The first kappa shape index (κ1) is 22.4. The van der Waals surface area contributed by atoms with Gasteiger partial charge >= 0.3 is 6.03 Å². The van der Waals surface area contributed by atoms with Crippen LogP contribution in [0.3, 0.4) is 0 Å². The molecule has 0 saturated carbocycles. The molecule has 10 nitrogen and oxygen atoms in total. The van der Waals surface area contributed by atoms with Crippen molar-refractivity contribution in [3.8, 4) is 0 Å². The van der Waals surface area contributed by atoms with E-state index in [1.165, 1.54) is 4.31 Å². The lowest BCUT2D eigenvalue weighted by molar-refractivity contribution is 0.0730. The molecule has 1 aromatic rings. The van der Waals surface area contributed by atoms with Crippen LogP contribution < -0.4 is 10.0 Å². The fourth-order valence-corrected chi connectivity index (χ4v) is 6.89. The van der Waals surface area contributed by atoms with E-state index in [-0.39, 0.29) is 28.6 Å². The normalized spacial score (nSPS) is 19.9. The van der Waals surface area contributed by atoms with Gasteiger partial charge in [0, 0.05) is 38.8 Å². The van der Waals surface area contributed by atoms with Gasteiger partial charge in [0.05, 0.1) is 19.0 Å². The van der Waals surface area contributed by atoms with Gasteiger partial charge in [-0.3, -0.25) is 0 Å². The van der Waals surface area contributed by atoms with Gasteiger partial charge in [-0.15, -0.1) is 11.3 Å². The number of rotatable bonds is 7. The van der Waals surface area contributed by atoms with Crippen molar-refractivity contribution in [3.63, 3.8) is 0 Å². The molecular formula is C16H26N4O6S3. The molecule has 164 valence electrons. The smallest absolute Gasteiger partial charge is 0.317 e. The standard InChI is InChI=1S/C16H26N4O6S3/c21-16(17-5-13-28(22,23)20-8-10-26-11-9-20)19-6-3-14(4-7-19)18-29(24,25)15-2-1-12-27-15/h1-2,12,14,18H,3-11,13H2,(H,17,21). The number of nitrogens with zero attached hydrogens (tertiary/aromatic N) is 2. The van der Waals surface area contributed by atoms with Crippen molar-refractivity contribution >= 4 is 37.4 Å². The summed E-state index contributed by atoms with van der Waals surface area (Å²) in [5, 5.41) is 4.36. The molecule has 2 aliphatic heterocycles. The van der Waals surface area contributed by atoms with Crippen molar-refractivity contribution < 1.29 is 26.4 Å². The van der Waals surface area contributed by atoms with E-state index in [1.807, 2.05) is 0 Å². The van der Waals surface area contributed by atoms with Crippen LogP contribution in [0.15, 0.2) is 21.7 Å². The Hall–Kier alpha value is -1.25. The number of carbonyl (C=O) groups excluding carboxylic acids is 1. The zero-order chi connectivity index (χ0) is 20.9. The Bertz CT molecular complexity index is 874. The van der Waals surface area contributed by atoms with Crippen LogP contribution in [-0.2, 0) is 24.8 Å². The molecule has 2 N–H and O–H groups in total. The number of amides is 2. The zero-order valence-corrected chi connectivity index (χ0v) is 18.4. The summed E-state index contributed by atoms with van der Waals surface area (Å²) in [5.74, 6) is -0.157. The molecular weight excluding hydrogens is 440 g/mol. The number of thiophene rings is 1. The van der Waals surface area contributed by atoms with E-state index in [9.17, 15) is 21.6 Å². The van der Waals surface area contributed by atoms with Gasteiger partial charge in [0.1, 0.15) is 4.21 Å². The maximum atomic E-state index is 12.3. The molecule has 3 heterocycles. The number of hydrogen-bond acceptors (Lipinski definition) is 7. The van der Waals surface area contributed by atoms with E-state index in [1.54, 1.807) is 22.4 Å². The van der Waals surface area contributed by atoms with Gasteiger partial charge in [0.2, 0.25) is 20.0 Å². The van der Waals surface area contributed by atoms with Crippen LogP contribution in [0.4, 0.5) is 4.79 Å². The van der Waals surface area contributed by atoms with Crippen LogP contribution in [0.25, 0.3) is 0 Å². The highest BCUT2D eigenvalue weighted by Crippen LogP contribution is 2.18. The molecule has 0 atom stereocenters. The summed E-state index contributed by atoms with van der Waals surface area (Å²) >= 11 is 1.16. The number of urea groups is 1. The largest absolute Gasteiger partial charge is 0.379 e. The zero-order valence-electron chi connectivity index (χ0n) is 15.9. The van der Waals surface area contributed by atoms with Crippen LogP contribution in [0.1, 0.15) is 12.8 Å². The minimum Gasteiger partial charge on any atom is -0.379 e. The first-order chi connectivity index (χ1) is 13.8. The monoisotopic (exact) mass is 466 g/mol. The summed E-state index contributed by atoms with van der Waals surface area (Å²) in [4.78, 5) is 13.9. The number of piperidine rings is 1. The van der Waals surface area contributed by atoms with Gasteiger partial charge in [-0.2, -0.15) is 4.31 Å². The summed E-state index contributed by atoms with van der Waals surface area (Å²) < 4.78 is 58.6. The molecule has 0 unspecified atom stereocenters. The van der Waals surface area contributed by atoms with Gasteiger partial charge in [-0.1, -0.05) is 6.07 Å². The fraction of sp³-hybridized carbons (Fsp3) is 0.688. The van der Waals surface area contributed by atoms with E-state index in [4.69, 9.17) is 4.74 Å². The molecule has 0 spiro atoms. The van der Waals surface area contributed by atoms with Crippen molar-refractivity contribution in [2.75, 3.05) is 51.7 Å². The van der Waals surface area contributed by atoms with Crippen LogP contribution >= 0.6 is 11.3 Å². The van der Waals surface area contributed by atoms with Gasteiger partial charge in [-0.25, -0.2) is 26.4 Å². The molecule has 2 saturated heterocycles. The van der Waals surface area contributed by atoms with E-state index in [0.29, 0.717) is 52.2 Å². The maximum absolute atomic E-state index is 12.3. The Morgan fingerprint density at radius 1 is 1.14 bits per heavy atom. The Labute approximate surface area is 175 Å². The lowest BCUT2D eigenvalue weighted by Gasteiger charge is -2.32. The number of carbonyl (C=O) groups is 1. The third kappa shape index (κ3) is 6.12. The van der Waals surface area contributed by atoms with E-state index >= 15 is 0 Å². The number of likely N-dealkylation sites (tertiary alicyclic amines) is 1. The summed E-state index contributed by atoms with van der Waals surface area (Å²) in [7, 11) is -6.94. The second-order valence-electron chi connectivity index (χ2n) is 6.87. The predicted octanol–water partition coefficient (Wildman–Crippen LogP) is -0.138. The molecule has 2 fully saturated rings. The van der Waals surface area contributed by atoms with Crippen LogP contribution in [-0.4, -0.2) is 89.8 Å². The lowest BCUT2D eigenvalue weighted by Crippen LogP contribution is -2.50. The number of morpholine rings is 1. The van der Waals surface area contributed by atoms with E-state index < -0.39 is 20.0 Å². The molecule has 0 aliphatic carbocycles. The Morgan fingerprint density at radius 2 is 1.83 bits per heavy atom. The average molecular weight is 467 g/mol. The summed E-state index contributed by atoms with van der Waals surface area (Å²) in [6.07, 6.45) is 1.01. The quantitative estimate of drug-likeness (QED) is 0.576. The van der Waals surface area contributed by atoms with Gasteiger partial charge < -0.3 is 15.0 Å². The van der Waals surface area contributed by atoms with Gasteiger partial charge in [0.25, 0.3) is 0 Å². The van der Waals surface area contributed by atoms with E-state index in [0.717, 1.165) is 11.3 Å². The van der Waals surface area contributed by atoms with Gasteiger partial charge in [0.15, 0.2) is 0 Å². The Balaban J connectivity index is 1.40. The second kappa shape index (κ2) is 9.71. The predicted molar refractivity (Wildman–Crippen MR) is 109 cm³/mol. The van der Waals surface area contributed by atoms with E-state index in [2.05, 4.69) is 10.0 Å². The minimum atomic E-state index is -3.53. The number of sulfonamides is 2. The van der Waals surface area contributed by atoms with Gasteiger partial charge in [-0.05, 0) is 24.3 Å². The van der Waals surface area contributed by atoms with Crippen LogP contribution in [0, 0.1) is 0 Å². The molecule has 3 rings (SSSR count). The highest BCUT2D eigenvalue weighted by molar-refractivity contribution is 7.91. The van der Waals surface area contributed by atoms with Crippen LogP contribution in [0.5, 0.6) is 0 Å². The molecule has 1 aromatic heterocycles. The molecule has 0 radical (unpaired) electrons. The van der Waals surface area contributed by atoms with Crippen molar-refractivity contribution in [1.82, 2.24) is 19.2 Å². The first-order valence-corrected chi connectivity index (χ1v) is 13.4.